The SMILES string of the molecule is CCCNc1ccc2ccccc2c1C(=O)O. The standard InChI is InChI=1S/C14H15NO2/c1-2-9-15-12-8-7-10-5-3-4-6-11(10)13(12)14(16)17/h3-8,15H,2,9H2,1H3,(H,16,17). The van der Waals surface area contributed by atoms with Crippen LogP contribution in [0.4, 0.5) is 5.69 Å². The van der Waals surface area contributed by atoms with Gasteiger partial charge in [-0.1, -0.05) is 37.3 Å². The molecule has 0 aliphatic heterocycles. The maximum atomic E-state index is 11.4. The quantitative estimate of drug-likeness (QED) is 0.845. The molecular weight excluding hydrogens is 214 g/mol. The van der Waals surface area contributed by atoms with Gasteiger partial charge in [-0.15, -0.1) is 0 Å². The minimum Gasteiger partial charge on any atom is -0.478 e. The van der Waals surface area contributed by atoms with Crippen molar-refractivity contribution >= 4 is 22.4 Å². The third kappa shape index (κ3) is 2.23. The first-order valence-electron chi connectivity index (χ1n) is 5.73. The number of fused-ring (bicyclic) bond motifs is 1. The van der Waals surface area contributed by atoms with Gasteiger partial charge in [-0.25, -0.2) is 4.79 Å². The minimum atomic E-state index is -0.889. The van der Waals surface area contributed by atoms with E-state index in [1.165, 1.54) is 0 Å². The Kier molecular flexibility index (Phi) is 3.28. The number of carbonyl (C=O) groups is 1. The molecule has 0 aliphatic rings. The zero-order chi connectivity index (χ0) is 12.3. The van der Waals surface area contributed by atoms with Crippen LogP contribution in [0.25, 0.3) is 10.8 Å². The van der Waals surface area contributed by atoms with E-state index in [0.29, 0.717) is 11.3 Å². The predicted molar refractivity (Wildman–Crippen MR) is 69.7 cm³/mol. The van der Waals surface area contributed by atoms with Crippen LogP contribution < -0.4 is 5.32 Å². The van der Waals surface area contributed by atoms with Crippen molar-refractivity contribution in [3.63, 3.8) is 0 Å². The number of hydrogen-bond acceptors (Lipinski definition) is 2. The van der Waals surface area contributed by atoms with Crippen molar-refractivity contribution < 1.29 is 9.90 Å². The molecule has 3 heteroatoms. The summed E-state index contributed by atoms with van der Waals surface area (Å²) >= 11 is 0. The molecule has 2 rings (SSSR count). The molecule has 0 saturated heterocycles. The van der Waals surface area contributed by atoms with Crippen molar-refractivity contribution in [3.05, 3.63) is 42.0 Å². The van der Waals surface area contributed by atoms with E-state index in [2.05, 4.69) is 12.2 Å². The van der Waals surface area contributed by atoms with Gasteiger partial charge >= 0.3 is 5.97 Å². The average Bonchev–Trinajstić information content (AvgIpc) is 2.35. The molecule has 0 saturated carbocycles. The molecule has 17 heavy (non-hydrogen) atoms. The highest BCUT2D eigenvalue weighted by atomic mass is 16.4. The third-order valence-electron chi connectivity index (χ3n) is 2.71. The Morgan fingerprint density at radius 2 is 2.00 bits per heavy atom. The smallest absolute Gasteiger partial charge is 0.338 e. The van der Waals surface area contributed by atoms with Gasteiger partial charge in [0.2, 0.25) is 0 Å². The second-order valence-corrected chi connectivity index (χ2v) is 3.94. The van der Waals surface area contributed by atoms with Gasteiger partial charge < -0.3 is 10.4 Å². The van der Waals surface area contributed by atoms with Gasteiger partial charge in [0.25, 0.3) is 0 Å². The van der Waals surface area contributed by atoms with Crippen LogP contribution in [0.15, 0.2) is 36.4 Å². The molecule has 2 aromatic carbocycles. The van der Waals surface area contributed by atoms with Crippen LogP contribution in [0.3, 0.4) is 0 Å². The summed E-state index contributed by atoms with van der Waals surface area (Å²) in [4.78, 5) is 11.4. The van der Waals surface area contributed by atoms with Crippen molar-refractivity contribution in [2.24, 2.45) is 0 Å². The van der Waals surface area contributed by atoms with Gasteiger partial charge in [-0.05, 0) is 23.3 Å². The average molecular weight is 229 g/mol. The van der Waals surface area contributed by atoms with E-state index in [1.54, 1.807) is 0 Å². The number of nitrogens with one attached hydrogen (secondary N) is 1. The number of hydrogen-bond donors (Lipinski definition) is 2. The molecule has 0 atom stereocenters. The van der Waals surface area contributed by atoms with E-state index >= 15 is 0 Å². The summed E-state index contributed by atoms with van der Waals surface area (Å²) in [5.74, 6) is -0.889. The van der Waals surface area contributed by atoms with Gasteiger partial charge in [0.15, 0.2) is 0 Å². The lowest BCUT2D eigenvalue weighted by Gasteiger charge is -2.11. The van der Waals surface area contributed by atoms with Crippen LogP contribution in [0.5, 0.6) is 0 Å². The first-order valence-corrected chi connectivity index (χ1v) is 5.73. The first-order chi connectivity index (χ1) is 8.24. The number of anilines is 1. The normalized spacial score (nSPS) is 10.4. The summed E-state index contributed by atoms with van der Waals surface area (Å²) in [7, 11) is 0. The van der Waals surface area contributed by atoms with Gasteiger partial charge in [0, 0.05) is 12.2 Å². The molecule has 0 radical (unpaired) electrons. The Morgan fingerprint density at radius 3 is 2.71 bits per heavy atom. The Morgan fingerprint density at radius 1 is 1.24 bits per heavy atom. The molecule has 0 aromatic heterocycles. The maximum Gasteiger partial charge on any atom is 0.338 e. The molecule has 0 amide bonds. The molecule has 0 fully saturated rings. The summed E-state index contributed by atoms with van der Waals surface area (Å²) in [5.41, 5.74) is 1.05. The lowest BCUT2D eigenvalue weighted by Crippen LogP contribution is -2.07. The lowest BCUT2D eigenvalue weighted by atomic mass is 10.0. The molecule has 0 bridgehead atoms. The van der Waals surface area contributed by atoms with Crippen LogP contribution in [0.2, 0.25) is 0 Å². The van der Waals surface area contributed by atoms with Gasteiger partial charge in [0.05, 0.1) is 5.56 Å². The first kappa shape index (κ1) is 11.5. The topological polar surface area (TPSA) is 49.3 Å². The molecule has 3 nitrogen and oxygen atoms in total. The van der Waals surface area contributed by atoms with Gasteiger partial charge in [0.1, 0.15) is 0 Å². The van der Waals surface area contributed by atoms with E-state index in [4.69, 9.17) is 0 Å². The molecule has 0 spiro atoms. The molecule has 0 heterocycles. The Hall–Kier alpha value is -2.03. The van der Waals surface area contributed by atoms with Crippen molar-refractivity contribution in [1.82, 2.24) is 0 Å². The predicted octanol–water partition coefficient (Wildman–Crippen LogP) is 3.36. The van der Waals surface area contributed by atoms with E-state index in [1.807, 2.05) is 36.4 Å². The second kappa shape index (κ2) is 4.87. The number of rotatable bonds is 4. The number of carboxylic acid groups (broad SMARTS) is 1. The third-order valence-corrected chi connectivity index (χ3v) is 2.71. The maximum absolute atomic E-state index is 11.4. The number of aromatic carboxylic acids is 1. The molecule has 2 N–H and O–H groups in total. The highest BCUT2D eigenvalue weighted by molar-refractivity contribution is 6.08. The largest absolute Gasteiger partial charge is 0.478 e. The van der Waals surface area contributed by atoms with Crippen molar-refractivity contribution in [2.45, 2.75) is 13.3 Å². The van der Waals surface area contributed by atoms with Gasteiger partial charge in [-0.2, -0.15) is 0 Å². The van der Waals surface area contributed by atoms with Crippen LogP contribution in [-0.2, 0) is 0 Å². The summed E-state index contributed by atoms with van der Waals surface area (Å²) in [6.07, 6.45) is 0.964. The van der Waals surface area contributed by atoms with Crippen LogP contribution >= 0.6 is 0 Å². The second-order valence-electron chi connectivity index (χ2n) is 3.94. The van der Waals surface area contributed by atoms with Crippen LogP contribution in [0.1, 0.15) is 23.7 Å². The van der Waals surface area contributed by atoms with E-state index in [9.17, 15) is 9.90 Å². The van der Waals surface area contributed by atoms with Crippen LogP contribution in [-0.4, -0.2) is 17.6 Å². The van der Waals surface area contributed by atoms with E-state index < -0.39 is 5.97 Å². The molecular formula is C14H15NO2. The zero-order valence-corrected chi connectivity index (χ0v) is 9.73. The van der Waals surface area contributed by atoms with Crippen molar-refractivity contribution in [1.29, 1.82) is 0 Å². The van der Waals surface area contributed by atoms with Gasteiger partial charge in [-0.3, -0.25) is 0 Å². The summed E-state index contributed by atoms with van der Waals surface area (Å²) in [6, 6.07) is 11.3. The lowest BCUT2D eigenvalue weighted by molar-refractivity contribution is 0.0700. The summed E-state index contributed by atoms with van der Waals surface area (Å²) in [6.45, 7) is 2.83. The Labute approximate surface area is 100 Å². The fourth-order valence-electron chi connectivity index (χ4n) is 1.91. The van der Waals surface area contributed by atoms with E-state index in [0.717, 1.165) is 23.7 Å². The molecule has 88 valence electrons. The number of benzene rings is 2. The molecule has 2 aromatic rings. The zero-order valence-electron chi connectivity index (χ0n) is 9.73. The fourth-order valence-corrected chi connectivity index (χ4v) is 1.91. The van der Waals surface area contributed by atoms with Crippen molar-refractivity contribution in [3.8, 4) is 0 Å². The molecule has 0 unspecified atom stereocenters. The summed E-state index contributed by atoms with van der Waals surface area (Å²) in [5, 5.41) is 14.2. The van der Waals surface area contributed by atoms with E-state index in [-0.39, 0.29) is 0 Å². The van der Waals surface area contributed by atoms with Crippen LogP contribution in [0, 0.1) is 0 Å². The fraction of sp³-hybridized carbons (Fsp3) is 0.214. The highest BCUT2D eigenvalue weighted by Gasteiger charge is 2.13. The number of carboxylic acids is 1. The monoisotopic (exact) mass is 229 g/mol. The Balaban J connectivity index is 2.60. The minimum absolute atomic E-state index is 0.358. The van der Waals surface area contributed by atoms with Crippen molar-refractivity contribution in [2.75, 3.05) is 11.9 Å². The Bertz CT molecular complexity index is 549. The molecule has 0 aliphatic carbocycles. The summed E-state index contributed by atoms with van der Waals surface area (Å²) < 4.78 is 0. The highest BCUT2D eigenvalue weighted by Crippen LogP contribution is 2.26.